The number of rotatable bonds is 5. The van der Waals surface area contributed by atoms with Crippen LogP contribution in [0, 0.1) is 23.4 Å². The van der Waals surface area contributed by atoms with Crippen LogP contribution in [0.1, 0.15) is 47.5 Å². The molecule has 3 N–H and O–H groups in total. The first-order valence-corrected chi connectivity index (χ1v) is 10.2. The number of hydrogen-bond acceptors (Lipinski definition) is 4. The van der Waals surface area contributed by atoms with Crippen LogP contribution in [0.3, 0.4) is 0 Å². The van der Waals surface area contributed by atoms with Gasteiger partial charge in [-0.2, -0.15) is 0 Å². The van der Waals surface area contributed by atoms with Crippen LogP contribution in [0.2, 0.25) is 0 Å². The van der Waals surface area contributed by atoms with Crippen LogP contribution in [0.4, 0.5) is 18.9 Å². The summed E-state index contributed by atoms with van der Waals surface area (Å²) in [6.07, 6.45) is 1.82. The molecule has 0 spiro atoms. The van der Waals surface area contributed by atoms with Gasteiger partial charge in [0.25, 0.3) is 5.91 Å². The molecule has 1 amide bonds. The van der Waals surface area contributed by atoms with E-state index in [4.69, 9.17) is 5.73 Å². The van der Waals surface area contributed by atoms with E-state index >= 15 is 0 Å². The third kappa shape index (κ3) is 3.28. The summed E-state index contributed by atoms with van der Waals surface area (Å²) in [5, 5.41) is 9.92. The number of amides is 1. The van der Waals surface area contributed by atoms with Gasteiger partial charge in [0.2, 0.25) is 0 Å². The molecule has 4 unspecified atom stereocenters. The van der Waals surface area contributed by atoms with Crippen molar-refractivity contribution in [2.75, 3.05) is 4.90 Å². The minimum Gasteiger partial charge on any atom is -0.480 e. The molecule has 2 aromatic carbocycles. The van der Waals surface area contributed by atoms with Crippen LogP contribution in [0.5, 0.6) is 0 Å². The van der Waals surface area contributed by atoms with Crippen molar-refractivity contribution < 1.29 is 32.7 Å². The molecule has 1 aliphatic carbocycles. The van der Waals surface area contributed by atoms with Gasteiger partial charge in [-0.1, -0.05) is 24.6 Å². The van der Waals surface area contributed by atoms with Crippen molar-refractivity contribution in [1.29, 1.82) is 0 Å². The maximum atomic E-state index is 13.8. The van der Waals surface area contributed by atoms with Gasteiger partial charge in [-0.3, -0.25) is 9.59 Å². The van der Waals surface area contributed by atoms with Gasteiger partial charge in [0.15, 0.2) is 17.5 Å². The van der Waals surface area contributed by atoms with E-state index in [9.17, 15) is 32.7 Å². The molecule has 1 aliphatic heterocycles. The number of carboxylic acids is 1. The predicted octanol–water partition coefficient (Wildman–Crippen LogP) is 3.39. The first kappa shape index (κ1) is 22.0. The zero-order valence-corrected chi connectivity index (χ0v) is 16.9. The minimum atomic E-state index is -1.88. The molecule has 4 rings (SSSR count). The number of fused-ring (bicyclic) bond motifs is 2. The van der Waals surface area contributed by atoms with Crippen LogP contribution in [-0.4, -0.2) is 34.8 Å². The summed E-state index contributed by atoms with van der Waals surface area (Å²) >= 11 is 0. The number of carbonyl (C=O) groups is 3. The Morgan fingerprint density at radius 2 is 1.81 bits per heavy atom. The van der Waals surface area contributed by atoms with Gasteiger partial charge in [-0.25, -0.2) is 13.2 Å². The number of aliphatic carboxylic acids is 1. The molecule has 1 fully saturated rings. The Labute approximate surface area is 181 Å². The van der Waals surface area contributed by atoms with Gasteiger partial charge in [0.1, 0.15) is 11.8 Å². The lowest BCUT2D eigenvalue weighted by molar-refractivity contribution is -0.146. The monoisotopic (exact) mass is 446 g/mol. The van der Waals surface area contributed by atoms with Gasteiger partial charge in [0, 0.05) is 29.6 Å². The standard InChI is InChI=1S/C23H21F3N2O4/c24-15-10-12(11-16(25)20(15)26)21(30)28-17-6-2-1-4-13(17)19(14-5-3-7-18(14)28)23(27,8-9-29)22(31)32/h1-2,4,6,9-11,14,18-19H,3,5,7-8,27H2,(H,31,32). The maximum absolute atomic E-state index is 13.8. The van der Waals surface area contributed by atoms with E-state index in [1.807, 2.05) is 0 Å². The average Bonchev–Trinajstić information content (AvgIpc) is 3.23. The highest BCUT2D eigenvalue weighted by atomic mass is 19.2. The van der Waals surface area contributed by atoms with Crippen molar-refractivity contribution in [2.24, 2.45) is 11.7 Å². The molecule has 0 aromatic heterocycles. The number of nitrogens with zero attached hydrogens (tertiary/aromatic N) is 1. The first-order chi connectivity index (χ1) is 15.2. The van der Waals surface area contributed by atoms with E-state index in [2.05, 4.69) is 0 Å². The molecule has 6 nitrogen and oxygen atoms in total. The number of carboxylic acid groups (broad SMARTS) is 1. The minimum absolute atomic E-state index is 0.356. The van der Waals surface area contributed by atoms with E-state index in [-0.39, 0.29) is 11.5 Å². The Morgan fingerprint density at radius 3 is 2.44 bits per heavy atom. The number of halogens is 3. The second-order valence-corrected chi connectivity index (χ2v) is 8.34. The molecule has 1 saturated carbocycles. The first-order valence-electron chi connectivity index (χ1n) is 10.2. The number of nitrogens with two attached hydrogens (primary N) is 1. The molecule has 2 aromatic rings. The summed E-state index contributed by atoms with van der Waals surface area (Å²) < 4.78 is 41.1. The van der Waals surface area contributed by atoms with Crippen LogP contribution in [0.25, 0.3) is 0 Å². The van der Waals surface area contributed by atoms with Crippen molar-refractivity contribution in [3.8, 4) is 0 Å². The summed E-state index contributed by atoms with van der Waals surface area (Å²) in [4.78, 5) is 38.3. The Kier molecular flexibility index (Phi) is 5.54. The van der Waals surface area contributed by atoms with Crippen molar-refractivity contribution in [3.63, 3.8) is 0 Å². The fraction of sp³-hybridized carbons (Fsp3) is 0.348. The topological polar surface area (TPSA) is 101 Å². The van der Waals surface area contributed by atoms with E-state index < -0.39 is 53.2 Å². The molecular formula is C23H21F3N2O4. The molecule has 0 bridgehead atoms. The highest BCUT2D eigenvalue weighted by Gasteiger charge is 2.55. The second kappa shape index (κ2) is 8.05. The van der Waals surface area contributed by atoms with Gasteiger partial charge < -0.3 is 20.5 Å². The molecule has 32 heavy (non-hydrogen) atoms. The quantitative estimate of drug-likeness (QED) is 0.542. The van der Waals surface area contributed by atoms with E-state index in [1.54, 1.807) is 24.3 Å². The van der Waals surface area contributed by atoms with Crippen molar-refractivity contribution in [2.45, 2.75) is 43.2 Å². The number of benzene rings is 2. The van der Waals surface area contributed by atoms with E-state index in [1.165, 1.54) is 4.90 Å². The summed E-state index contributed by atoms with van der Waals surface area (Å²) in [5.41, 5.74) is 4.90. The largest absolute Gasteiger partial charge is 0.480 e. The zero-order chi connectivity index (χ0) is 23.2. The number of carbonyl (C=O) groups excluding carboxylic acids is 2. The van der Waals surface area contributed by atoms with Crippen molar-refractivity contribution >= 4 is 23.9 Å². The molecule has 4 atom stereocenters. The van der Waals surface area contributed by atoms with Crippen molar-refractivity contribution in [3.05, 3.63) is 65.0 Å². The Bertz CT molecular complexity index is 1090. The Balaban J connectivity index is 1.88. The fourth-order valence-electron chi connectivity index (χ4n) is 5.28. The number of aldehydes is 1. The smallest absolute Gasteiger partial charge is 0.324 e. The Morgan fingerprint density at radius 1 is 1.16 bits per heavy atom. The molecule has 1 heterocycles. The van der Waals surface area contributed by atoms with Crippen molar-refractivity contribution in [1.82, 2.24) is 0 Å². The molecule has 9 heteroatoms. The SMILES string of the molecule is NC(CC=O)(C(=O)O)C1c2ccccc2N(C(=O)c2cc(F)c(F)c(F)c2)C2CCCC21. The lowest BCUT2D eigenvalue weighted by Gasteiger charge is -2.48. The van der Waals surface area contributed by atoms with Crippen LogP contribution in [0.15, 0.2) is 36.4 Å². The third-order valence-electron chi connectivity index (χ3n) is 6.65. The van der Waals surface area contributed by atoms with Gasteiger partial charge in [0.05, 0.1) is 0 Å². The van der Waals surface area contributed by atoms with E-state index in [0.29, 0.717) is 48.9 Å². The third-order valence-corrected chi connectivity index (χ3v) is 6.65. The average molecular weight is 446 g/mol. The molecule has 0 saturated heterocycles. The highest BCUT2D eigenvalue weighted by molar-refractivity contribution is 6.07. The predicted molar refractivity (Wildman–Crippen MR) is 109 cm³/mol. The summed E-state index contributed by atoms with van der Waals surface area (Å²) in [7, 11) is 0. The zero-order valence-electron chi connectivity index (χ0n) is 16.9. The molecule has 2 aliphatic rings. The molecule has 168 valence electrons. The van der Waals surface area contributed by atoms with Gasteiger partial charge >= 0.3 is 5.97 Å². The lowest BCUT2D eigenvalue weighted by Crippen LogP contribution is -2.60. The Hall–Kier alpha value is -3.20. The number of hydrogen-bond donors (Lipinski definition) is 2. The molecular weight excluding hydrogens is 425 g/mol. The van der Waals surface area contributed by atoms with Crippen LogP contribution >= 0.6 is 0 Å². The summed E-state index contributed by atoms with van der Waals surface area (Å²) in [5.74, 6) is -7.79. The highest BCUT2D eigenvalue weighted by Crippen LogP contribution is 2.53. The van der Waals surface area contributed by atoms with E-state index in [0.717, 1.165) is 0 Å². The number of anilines is 1. The maximum Gasteiger partial charge on any atom is 0.324 e. The van der Waals surface area contributed by atoms with Gasteiger partial charge in [-0.15, -0.1) is 0 Å². The van der Waals surface area contributed by atoms with Gasteiger partial charge in [-0.05, 0) is 42.5 Å². The fourth-order valence-corrected chi connectivity index (χ4v) is 5.28. The lowest BCUT2D eigenvalue weighted by atomic mass is 9.66. The van der Waals surface area contributed by atoms with Crippen LogP contribution < -0.4 is 10.6 Å². The second-order valence-electron chi connectivity index (χ2n) is 8.34. The normalized spacial score (nSPS) is 23.8. The summed E-state index contributed by atoms with van der Waals surface area (Å²) in [6, 6.07) is 7.38. The summed E-state index contributed by atoms with van der Waals surface area (Å²) in [6.45, 7) is 0. The molecule has 0 radical (unpaired) electrons. The number of para-hydroxylation sites is 1. The van der Waals surface area contributed by atoms with Crippen LogP contribution in [-0.2, 0) is 9.59 Å².